The first-order valence-electron chi connectivity index (χ1n) is 12.1. The molecule has 6 rings (SSSR count). The van der Waals surface area contributed by atoms with Crippen molar-refractivity contribution in [2.75, 3.05) is 19.0 Å². The van der Waals surface area contributed by atoms with E-state index in [0.29, 0.717) is 28.9 Å². The number of carbonyl (C=O) groups excluding carboxylic acids is 1. The van der Waals surface area contributed by atoms with Gasteiger partial charge in [-0.1, -0.05) is 50.1 Å². The number of allylic oxidation sites excluding steroid dienone is 1. The van der Waals surface area contributed by atoms with Crippen molar-refractivity contribution >= 4 is 17.2 Å². The predicted molar refractivity (Wildman–Crippen MR) is 130 cm³/mol. The van der Waals surface area contributed by atoms with Gasteiger partial charge in [-0.2, -0.15) is 0 Å². The molecule has 2 aromatic heterocycles. The summed E-state index contributed by atoms with van der Waals surface area (Å²) < 4.78 is 2.04. The molecule has 0 N–H and O–H groups in total. The Morgan fingerprint density at radius 3 is 2.59 bits per heavy atom. The van der Waals surface area contributed by atoms with E-state index in [2.05, 4.69) is 27.0 Å². The van der Waals surface area contributed by atoms with E-state index in [1.807, 2.05) is 66.3 Å². The Labute approximate surface area is 199 Å². The van der Waals surface area contributed by atoms with Gasteiger partial charge in [-0.15, -0.1) is 10.2 Å². The number of nitrogens with zero attached hydrogens (tertiary/aromatic N) is 7. The lowest BCUT2D eigenvalue weighted by molar-refractivity contribution is 0.105. The summed E-state index contributed by atoms with van der Waals surface area (Å²) in [6.45, 7) is 2.28. The lowest BCUT2D eigenvalue weighted by atomic mass is 10.0. The van der Waals surface area contributed by atoms with Crippen molar-refractivity contribution < 1.29 is 4.79 Å². The van der Waals surface area contributed by atoms with Gasteiger partial charge in [0, 0.05) is 31.9 Å². The number of hydrogen-bond acceptors (Lipinski definition) is 7. The van der Waals surface area contributed by atoms with E-state index in [0.717, 1.165) is 36.6 Å². The predicted octanol–water partition coefficient (Wildman–Crippen LogP) is 3.84. The van der Waals surface area contributed by atoms with Gasteiger partial charge in [-0.05, 0) is 25.2 Å². The van der Waals surface area contributed by atoms with Crippen LogP contribution in [-0.2, 0) is 5.54 Å². The van der Waals surface area contributed by atoms with Crippen molar-refractivity contribution in [3.8, 4) is 5.69 Å². The van der Waals surface area contributed by atoms with E-state index in [1.54, 1.807) is 6.33 Å². The van der Waals surface area contributed by atoms with Gasteiger partial charge in [0.15, 0.2) is 23.2 Å². The fraction of sp³-hybridized carbons (Fsp3) is 0.423. The Kier molecular flexibility index (Phi) is 4.79. The first-order chi connectivity index (χ1) is 16.5. The molecule has 1 aliphatic heterocycles. The molecule has 3 heterocycles. The minimum absolute atomic E-state index is 0.0861. The van der Waals surface area contributed by atoms with E-state index in [4.69, 9.17) is 4.98 Å². The molecule has 8 heteroatoms. The second kappa shape index (κ2) is 7.75. The summed E-state index contributed by atoms with van der Waals surface area (Å²) in [5.74, 6) is 2.70. The van der Waals surface area contributed by atoms with Crippen LogP contribution in [0.1, 0.15) is 61.0 Å². The van der Waals surface area contributed by atoms with Crippen LogP contribution in [0, 0.1) is 5.92 Å². The van der Waals surface area contributed by atoms with Crippen LogP contribution in [0.4, 0.5) is 5.82 Å². The zero-order valence-corrected chi connectivity index (χ0v) is 19.8. The highest BCUT2D eigenvalue weighted by Crippen LogP contribution is 2.61. The van der Waals surface area contributed by atoms with Crippen molar-refractivity contribution in [2.45, 2.75) is 50.6 Å². The molecule has 2 atom stereocenters. The molecule has 1 aromatic carbocycles. The summed E-state index contributed by atoms with van der Waals surface area (Å²) in [6.07, 6.45) is 11.2. The Morgan fingerprint density at radius 1 is 1.18 bits per heavy atom. The molecule has 34 heavy (non-hydrogen) atoms. The van der Waals surface area contributed by atoms with Crippen LogP contribution in [0.3, 0.4) is 0 Å². The second-order valence-corrected chi connectivity index (χ2v) is 9.97. The number of anilines is 1. The molecule has 3 aromatic rings. The number of ketones is 1. The van der Waals surface area contributed by atoms with Crippen LogP contribution in [0.15, 0.2) is 49.1 Å². The molecule has 0 bridgehead atoms. The smallest absolute Gasteiger partial charge is 0.198 e. The van der Waals surface area contributed by atoms with Crippen LogP contribution in [0.2, 0.25) is 0 Å². The van der Waals surface area contributed by atoms with E-state index in [-0.39, 0.29) is 11.3 Å². The summed E-state index contributed by atoms with van der Waals surface area (Å²) in [7, 11) is 3.82. The Hall–Kier alpha value is -3.55. The van der Waals surface area contributed by atoms with Crippen LogP contribution < -0.4 is 4.90 Å². The third kappa shape index (κ3) is 3.08. The topological polar surface area (TPSA) is 80.0 Å². The van der Waals surface area contributed by atoms with Gasteiger partial charge >= 0.3 is 0 Å². The molecule has 1 unspecified atom stereocenters. The molecule has 2 saturated carbocycles. The van der Waals surface area contributed by atoms with Crippen molar-refractivity contribution in [1.29, 1.82) is 0 Å². The normalized spacial score (nSPS) is 23.7. The fourth-order valence-electron chi connectivity index (χ4n) is 5.78. The largest absolute Gasteiger partial charge is 0.383 e. The van der Waals surface area contributed by atoms with Gasteiger partial charge in [-0.3, -0.25) is 9.36 Å². The highest BCUT2D eigenvalue weighted by atomic mass is 16.1. The zero-order chi connectivity index (χ0) is 23.4. The van der Waals surface area contributed by atoms with E-state index >= 15 is 0 Å². The molecule has 0 saturated heterocycles. The van der Waals surface area contributed by atoms with Gasteiger partial charge in [-0.25, -0.2) is 9.97 Å². The Bertz CT molecular complexity index is 1280. The molecule has 8 nitrogen and oxygen atoms in total. The number of carbonyl (C=O) groups is 1. The summed E-state index contributed by atoms with van der Waals surface area (Å²) in [5, 5.41) is 8.81. The summed E-state index contributed by atoms with van der Waals surface area (Å²) in [4.78, 5) is 27.7. The summed E-state index contributed by atoms with van der Waals surface area (Å²) >= 11 is 0. The minimum Gasteiger partial charge on any atom is -0.383 e. The summed E-state index contributed by atoms with van der Waals surface area (Å²) in [5.41, 5.74) is 1.81. The van der Waals surface area contributed by atoms with Gasteiger partial charge in [0.25, 0.3) is 0 Å². The molecule has 2 aliphatic carbocycles. The molecule has 0 amide bonds. The Balaban J connectivity index is 1.52. The van der Waals surface area contributed by atoms with Crippen molar-refractivity contribution in [3.63, 3.8) is 0 Å². The number of rotatable bonds is 5. The number of Topliss-reactive ketones (excluding diaryl/α,β-unsaturated/α-hetero) is 1. The van der Waals surface area contributed by atoms with Gasteiger partial charge in [0.1, 0.15) is 17.6 Å². The molecular formula is C26H29N7O. The second-order valence-electron chi connectivity index (χ2n) is 9.97. The molecule has 1 spiro atoms. The SMILES string of the molecule is C[C@@H]1CC12c1nncn1-c1cnc(/C(=C/N(C)C)C(=O)c3ccccc3)nc1N2C1CCCC1. The molecule has 3 aliphatic rings. The number of fused-ring (bicyclic) bond motifs is 4. The third-order valence-corrected chi connectivity index (χ3v) is 7.47. The number of hydrogen-bond donors (Lipinski definition) is 0. The fourth-order valence-corrected chi connectivity index (χ4v) is 5.78. The highest BCUT2D eigenvalue weighted by molar-refractivity contribution is 6.28. The van der Waals surface area contributed by atoms with E-state index in [1.165, 1.54) is 12.8 Å². The first kappa shape index (κ1) is 21.0. The molecular weight excluding hydrogens is 426 g/mol. The average molecular weight is 456 g/mol. The van der Waals surface area contributed by atoms with E-state index in [9.17, 15) is 4.79 Å². The number of benzene rings is 1. The van der Waals surface area contributed by atoms with Crippen molar-refractivity contribution in [2.24, 2.45) is 5.92 Å². The Morgan fingerprint density at radius 2 is 1.91 bits per heavy atom. The maximum Gasteiger partial charge on any atom is 0.198 e. The monoisotopic (exact) mass is 455 g/mol. The summed E-state index contributed by atoms with van der Waals surface area (Å²) in [6, 6.07) is 9.74. The van der Waals surface area contributed by atoms with Gasteiger partial charge in [0.05, 0.1) is 11.8 Å². The number of aromatic nitrogens is 5. The highest BCUT2D eigenvalue weighted by Gasteiger charge is 2.64. The maximum absolute atomic E-state index is 13.5. The van der Waals surface area contributed by atoms with Gasteiger partial charge in [0.2, 0.25) is 0 Å². The van der Waals surface area contributed by atoms with Crippen LogP contribution in [-0.4, -0.2) is 55.6 Å². The molecule has 0 radical (unpaired) electrons. The zero-order valence-electron chi connectivity index (χ0n) is 19.8. The minimum atomic E-state index is -0.182. The van der Waals surface area contributed by atoms with Crippen molar-refractivity contribution in [3.05, 3.63) is 66.3 Å². The molecule has 2 fully saturated rings. The van der Waals surface area contributed by atoms with E-state index < -0.39 is 0 Å². The van der Waals surface area contributed by atoms with Crippen molar-refractivity contribution in [1.82, 2.24) is 29.6 Å². The lowest BCUT2D eigenvalue weighted by Crippen LogP contribution is -2.48. The lowest BCUT2D eigenvalue weighted by Gasteiger charge is -2.42. The van der Waals surface area contributed by atoms with Crippen LogP contribution >= 0.6 is 0 Å². The average Bonchev–Trinajstić information content (AvgIpc) is 3.26. The standard InChI is InChI=1S/C26H29N7O/c1-17-13-26(17)25-30-28-16-32(25)21-14-27-23(29-24(21)33(26)19-11-7-8-12-19)20(15-31(2)3)22(34)18-9-5-4-6-10-18/h4-6,9-10,14-17,19H,7-8,11-13H2,1-3H3/b20-15+/t17-,26?/m1/s1. The maximum atomic E-state index is 13.5. The van der Waals surface area contributed by atoms with Gasteiger partial charge < -0.3 is 9.80 Å². The molecule has 174 valence electrons. The van der Waals surface area contributed by atoms with Crippen LogP contribution in [0.5, 0.6) is 0 Å². The van der Waals surface area contributed by atoms with Crippen LogP contribution in [0.25, 0.3) is 11.3 Å². The third-order valence-electron chi connectivity index (χ3n) is 7.47. The first-order valence-corrected chi connectivity index (χ1v) is 12.1. The quantitative estimate of drug-likeness (QED) is 0.427.